The van der Waals surface area contributed by atoms with Gasteiger partial charge in [-0.05, 0) is 162 Å². The smallest absolute Gasteiger partial charge is 0.335 e. The molecule has 3 heterocycles. The number of nitrogens with zero attached hydrogens (tertiary/aromatic N) is 3. The van der Waals surface area contributed by atoms with Gasteiger partial charge in [-0.1, -0.05) is 170 Å². The molecule has 0 aliphatic rings. The summed E-state index contributed by atoms with van der Waals surface area (Å²) in [5.74, 6) is -6.15. The zero-order valence-electron chi connectivity index (χ0n) is 71.7. The van der Waals surface area contributed by atoms with Gasteiger partial charge >= 0.3 is 17.9 Å². The molecule has 3 N–H and O–H groups in total. The molecule has 118 heavy (non-hydrogen) atoms. The van der Waals surface area contributed by atoms with Crippen LogP contribution in [0.25, 0.3) is 33.4 Å². The quantitative estimate of drug-likeness (QED) is 0.0352. The number of carboxylic acid groups (broad SMARTS) is 3. The Bertz CT molecular complexity index is 5700. The molecule has 12 aromatic rings. The summed E-state index contributed by atoms with van der Waals surface area (Å²) in [5.41, 5.74) is 3.52. The van der Waals surface area contributed by atoms with E-state index in [9.17, 15) is 72.9 Å². The molecule has 24 heteroatoms. The van der Waals surface area contributed by atoms with Crippen LogP contribution in [0.2, 0.25) is 15.1 Å². The van der Waals surface area contributed by atoms with Crippen molar-refractivity contribution in [3.8, 4) is 50.6 Å². The predicted molar refractivity (Wildman–Crippen MR) is 454 cm³/mol. The van der Waals surface area contributed by atoms with Crippen LogP contribution in [0.4, 0.5) is 0 Å². The topological polar surface area (TPSA) is 308 Å². The molecular weight excluding hydrogens is 1570 g/mol. The molecule has 0 saturated heterocycles. The second-order valence-electron chi connectivity index (χ2n) is 27.0. The van der Waals surface area contributed by atoms with E-state index in [4.69, 9.17) is 61.4 Å². The summed E-state index contributed by atoms with van der Waals surface area (Å²) in [5, 5.41) is 28.3. The van der Waals surface area contributed by atoms with Crippen LogP contribution in [0.15, 0.2) is 270 Å². The SMILES string of the molecule is C.[2H]C([2H])([2H])Oc1cn(C(Cc2ccccc2)C(=O)Cc2ccc(C(=O)O)cc2)c(=O)cc1-c1cc(Cl)ccc1C(C)=O.[2H]C([2H])([2H])Oc1cn([C@@H](Cc2ccccc2)C(=O)Cc2ccc(C(=O)O)cc2)c(=O)cc1-c1cc(Cl)ccc1C(C)=O.[2H]C([2H])([2H])Oc1cn([C@H](Cc2ccccc2)C(=O)Cc2ccc(C(=O)O)cc2)c(=O)cc1-c1cc(Cl)ccc1C(C)=O. The average Bonchev–Trinajstić information content (AvgIpc) is 0.779. The average molecular weight is 1660 g/mol. The normalized spacial score (nSPS) is 12.9. The highest BCUT2D eigenvalue weighted by molar-refractivity contribution is 6.32. The van der Waals surface area contributed by atoms with Crippen LogP contribution in [0.1, 0.15) is 154 Å². The van der Waals surface area contributed by atoms with E-state index >= 15 is 0 Å². The van der Waals surface area contributed by atoms with E-state index in [2.05, 4.69) is 0 Å². The molecule has 0 fully saturated rings. The Balaban J connectivity index is 0.000000214. The number of halogens is 3. The number of benzene rings is 9. The highest BCUT2D eigenvalue weighted by Crippen LogP contribution is 2.38. The Labute approximate surface area is 707 Å². The van der Waals surface area contributed by atoms with Crippen molar-refractivity contribution in [2.24, 2.45) is 0 Å². The van der Waals surface area contributed by atoms with Crippen molar-refractivity contribution in [3.05, 3.63) is 368 Å². The summed E-state index contributed by atoms with van der Waals surface area (Å²) in [4.78, 5) is 153. The van der Waals surface area contributed by atoms with Gasteiger partial charge in [0.1, 0.15) is 17.2 Å². The van der Waals surface area contributed by atoms with Crippen molar-refractivity contribution in [1.82, 2.24) is 13.7 Å². The lowest BCUT2D eigenvalue weighted by Crippen LogP contribution is -2.32. The molecule has 3 atom stereocenters. The lowest BCUT2D eigenvalue weighted by atomic mass is 9.95. The van der Waals surface area contributed by atoms with Gasteiger partial charge in [0.25, 0.3) is 16.7 Å². The van der Waals surface area contributed by atoms with Gasteiger partial charge in [0.15, 0.2) is 34.7 Å². The largest absolute Gasteiger partial charge is 0.495 e. The van der Waals surface area contributed by atoms with Crippen LogP contribution in [0.3, 0.4) is 0 Å². The van der Waals surface area contributed by atoms with E-state index in [-0.39, 0.29) is 180 Å². The Hall–Kier alpha value is -13.5. The van der Waals surface area contributed by atoms with Crippen LogP contribution in [0, 0.1) is 0 Å². The van der Waals surface area contributed by atoms with Gasteiger partial charge < -0.3 is 43.2 Å². The lowest BCUT2D eigenvalue weighted by Gasteiger charge is -2.21. The number of Topliss-reactive ketones (excluding diaryl/α,β-unsaturated/α-hetero) is 6. The van der Waals surface area contributed by atoms with Crippen LogP contribution in [-0.2, 0) is 52.9 Å². The molecule has 0 bridgehead atoms. The van der Waals surface area contributed by atoms with Crippen molar-refractivity contribution >= 4 is 87.4 Å². The Morgan fingerprint density at radius 2 is 0.568 bits per heavy atom. The van der Waals surface area contributed by atoms with Gasteiger partial charge in [-0.3, -0.25) is 43.2 Å². The zero-order valence-corrected chi connectivity index (χ0v) is 64.9. The van der Waals surface area contributed by atoms with Crippen molar-refractivity contribution in [1.29, 1.82) is 0 Å². The number of rotatable bonds is 30. The highest BCUT2D eigenvalue weighted by Gasteiger charge is 2.30. The van der Waals surface area contributed by atoms with Gasteiger partial charge in [-0.25, -0.2) is 14.4 Å². The van der Waals surface area contributed by atoms with Crippen molar-refractivity contribution < 1.29 is 85.0 Å². The molecule has 602 valence electrons. The molecule has 9 aromatic carbocycles. The van der Waals surface area contributed by atoms with Gasteiger partial charge in [-0.2, -0.15) is 0 Å². The Kier molecular flexibility index (Phi) is 26.2. The summed E-state index contributed by atoms with van der Waals surface area (Å²) in [6.07, 6.45) is 3.48. The Morgan fingerprint density at radius 1 is 0.331 bits per heavy atom. The molecule has 12 rings (SSSR count). The fourth-order valence-corrected chi connectivity index (χ4v) is 13.7. The fourth-order valence-electron chi connectivity index (χ4n) is 13.2. The number of hydrogen-bond donors (Lipinski definition) is 3. The van der Waals surface area contributed by atoms with Gasteiger partial charge in [0.2, 0.25) is 0 Å². The third-order valence-corrected chi connectivity index (χ3v) is 19.8. The standard InChI is InChI=1S/3C31H26ClNO6.CH4/c3*1-19(34)24-13-12-23(32)16-25(24)26-17-30(36)33(18-29(26)39-2)27(14-20-6-4-3-5-7-20)28(35)15-21-8-10-22(11-9-21)31(37)38;/h3*3-13,16-18,27H,14-15H2,1-2H3,(H,37,38);1H4/t2*27-;;/m10../s1/i3*2D3;. The molecule has 0 saturated carbocycles. The number of methoxy groups -OCH3 is 3. The van der Waals surface area contributed by atoms with Gasteiger partial charge in [0.05, 0.1) is 86.9 Å². The third-order valence-electron chi connectivity index (χ3n) is 19.1. The molecule has 0 aliphatic heterocycles. The molecule has 0 amide bonds. The number of hydrogen-bond acceptors (Lipinski definition) is 15. The van der Waals surface area contributed by atoms with E-state index in [1.807, 2.05) is 18.2 Å². The molecule has 21 nitrogen and oxygen atoms in total. The van der Waals surface area contributed by atoms with Crippen LogP contribution >= 0.6 is 34.8 Å². The minimum Gasteiger partial charge on any atom is -0.495 e. The molecule has 0 spiro atoms. The van der Waals surface area contributed by atoms with Crippen molar-refractivity contribution in [2.45, 2.75) is 84.8 Å². The van der Waals surface area contributed by atoms with E-state index in [0.717, 1.165) is 48.6 Å². The number of carbonyl (C=O) groups excluding carboxylic acids is 6. The second-order valence-corrected chi connectivity index (χ2v) is 28.3. The number of carboxylic acids is 3. The predicted octanol–water partition coefficient (Wildman–Crippen LogP) is 17.7. The number of ether oxygens (including phenoxy) is 3. The minimum absolute atomic E-state index is 0. The Morgan fingerprint density at radius 3 is 0.780 bits per heavy atom. The van der Waals surface area contributed by atoms with Crippen LogP contribution < -0.4 is 30.9 Å². The van der Waals surface area contributed by atoms with Crippen molar-refractivity contribution in [3.63, 3.8) is 0 Å². The summed E-state index contributed by atoms with van der Waals surface area (Å²) in [6.45, 7) is 3.99. The molecule has 0 radical (unpaired) electrons. The van der Waals surface area contributed by atoms with E-state index < -0.39 is 73.8 Å². The lowest BCUT2D eigenvalue weighted by molar-refractivity contribution is -0.122. The maximum absolute atomic E-state index is 13.7. The number of aromatic nitrogens is 3. The van der Waals surface area contributed by atoms with E-state index in [0.29, 0.717) is 16.7 Å². The molecule has 0 aliphatic carbocycles. The van der Waals surface area contributed by atoms with E-state index in [1.54, 1.807) is 72.8 Å². The summed E-state index contributed by atoms with van der Waals surface area (Å²) >= 11 is 18.6. The first kappa shape index (κ1) is 75.9. The maximum atomic E-state index is 13.7. The van der Waals surface area contributed by atoms with E-state index in [1.165, 1.54) is 167 Å². The maximum Gasteiger partial charge on any atom is 0.335 e. The number of pyridine rings is 3. The summed E-state index contributed by atoms with van der Waals surface area (Å²) < 4.78 is 88.8. The summed E-state index contributed by atoms with van der Waals surface area (Å²) in [6, 6.07) is 57.9. The number of carbonyl (C=O) groups is 9. The monoisotopic (exact) mass is 1650 g/mol. The molecule has 1 unspecified atom stereocenters. The number of aromatic carboxylic acids is 3. The van der Waals surface area contributed by atoms with Crippen LogP contribution in [0.5, 0.6) is 17.2 Å². The minimum atomic E-state index is -2.92. The highest BCUT2D eigenvalue weighted by atomic mass is 35.5. The molecular formula is C94H82Cl3N3O18. The third kappa shape index (κ3) is 22.3. The first-order chi connectivity index (χ1) is 59.5. The fraction of sp³-hybridized carbons (Fsp3) is 0.170. The summed E-state index contributed by atoms with van der Waals surface area (Å²) in [7, 11) is -8.76. The van der Waals surface area contributed by atoms with Gasteiger partial charge in [0, 0.05) is 105 Å². The molecule has 3 aromatic heterocycles. The van der Waals surface area contributed by atoms with Crippen molar-refractivity contribution in [2.75, 3.05) is 21.1 Å². The zero-order chi connectivity index (χ0) is 91.8. The first-order valence-corrected chi connectivity index (χ1v) is 37.0. The first-order valence-electron chi connectivity index (χ1n) is 40.4. The van der Waals surface area contributed by atoms with Crippen LogP contribution in [-0.4, -0.2) is 103 Å². The number of ketones is 6. The second kappa shape index (κ2) is 40.7. The van der Waals surface area contributed by atoms with Gasteiger partial charge in [-0.15, -0.1) is 0 Å².